The van der Waals surface area contributed by atoms with Crippen molar-refractivity contribution < 1.29 is 13.2 Å². The largest absolute Gasteiger partial charge is 0.346 e. The summed E-state index contributed by atoms with van der Waals surface area (Å²) in [5.74, 6) is -0.303. The number of benzene rings is 2. The first-order chi connectivity index (χ1) is 11.6. The van der Waals surface area contributed by atoms with Gasteiger partial charge in [-0.1, -0.05) is 29.8 Å². The second-order valence-corrected chi connectivity index (χ2v) is 8.52. The van der Waals surface area contributed by atoms with Crippen LogP contribution >= 0.6 is 0 Å². The van der Waals surface area contributed by atoms with E-state index in [1.165, 1.54) is 31.8 Å². The number of rotatable bonds is 5. The molecule has 134 valence electrons. The minimum absolute atomic E-state index is 0.101. The predicted octanol–water partition coefficient (Wildman–Crippen LogP) is 3.04. The normalized spacial score (nSPS) is 12.9. The number of nitrogens with one attached hydrogen (secondary N) is 1. The van der Waals surface area contributed by atoms with Crippen LogP contribution in [0.25, 0.3) is 0 Å². The van der Waals surface area contributed by atoms with E-state index in [1.54, 1.807) is 12.1 Å². The molecule has 25 heavy (non-hydrogen) atoms. The van der Waals surface area contributed by atoms with Gasteiger partial charge in [-0.05, 0) is 50.1 Å². The molecule has 2 aromatic carbocycles. The first-order valence-electron chi connectivity index (χ1n) is 8.03. The molecule has 0 aliphatic carbocycles. The number of amides is 1. The lowest BCUT2D eigenvalue weighted by molar-refractivity contribution is 0.0939. The fourth-order valence-corrected chi connectivity index (χ4v) is 3.63. The first kappa shape index (κ1) is 19.1. The van der Waals surface area contributed by atoms with Crippen LogP contribution in [0, 0.1) is 13.8 Å². The van der Waals surface area contributed by atoms with E-state index in [9.17, 15) is 13.2 Å². The minimum Gasteiger partial charge on any atom is -0.346 e. The molecule has 0 radical (unpaired) electrons. The van der Waals surface area contributed by atoms with Crippen molar-refractivity contribution in [1.82, 2.24) is 9.62 Å². The van der Waals surface area contributed by atoms with Crippen LogP contribution in [0.1, 0.15) is 40.0 Å². The molecule has 0 spiro atoms. The fourth-order valence-electron chi connectivity index (χ4n) is 2.68. The molecule has 0 saturated heterocycles. The predicted molar refractivity (Wildman–Crippen MR) is 99.1 cm³/mol. The Labute approximate surface area is 149 Å². The summed E-state index contributed by atoms with van der Waals surface area (Å²) in [6.07, 6.45) is 0. The Morgan fingerprint density at radius 2 is 1.76 bits per heavy atom. The van der Waals surface area contributed by atoms with Gasteiger partial charge in [-0.15, -0.1) is 0 Å². The summed E-state index contributed by atoms with van der Waals surface area (Å²) >= 11 is 0. The number of carbonyl (C=O) groups is 1. The van der Waals surface area contributed by atoms with Crippen LogP contribution in [0.5, 0.6) is 0 Å². The smallest absolute Gasteiger partial charge is 0.251 e. The molecule has 0 fully saturated rings. The maximum atomic E-state index is 12.5. The molecule has 0 aromatic heterocycles. The van der Waals surface area contributed by atoms with Gasteiger partial charge in [-0.3, -0.25) is 4.79 Å². The number of hydrogen-bond donors (Lipinski definition) is 1. The molecule has 6 heteroatoms. The summed E-state index contributed by atoms with van der Waals surface area (Å²) in [4.78, 5) is 12.6. The molecule has 2 aromatic rings. The maximum absolute atomic E-state index is 12.5. The van der Waals surface area contributed by atoms with Gasteiger partial charge in [-0.25, -0.2) is 12.7 Å². The lowest BCUT2D eigenvalue weighted by atomic mass is 10.00. The molecule has 0 bridgehead atoms. The highest BCUT2D eigenvalue weighted by molar-refractivity contribution is 7.89. The van der Waals surface area contributed by atoms with Crippen molar-refractivity contribution >= 4 is 15.9 Å². The molecule has 0 heterocycles. The van der Waals surface area contributed by atoms with Gasteiger partial charge in [0, 0.05) is 19.7 Å². The SMILES string of the molecule is Cc1ccc([C@@H](C)NC(=O)c2cccc(S(=O)(=O)N(C)C)c2)c(C)c1. The minimum atomic E-state index is -3.57. The van der Waals surface area contributed by atoms with E-state index >= 15 is 0 Å². The van der Waals surface area contributed by atoms with Crippen molar-refractivity contribution in [3.63, 3.8) is 0 Å². The highest BCUT2D eigenvalue weighted by Gasteiger charge is 2.19. The van der Waals surface area contributed by atoms with E-state index in [1.807, 2.05) is 32.9 Å². The van der Waals surface area contributed by atoms with Gasteiger partial charge >= 0.3 is 0 Å². The van der Waals surface area contributed by atoms with Crippen LogP contribution in [0.15, 0.2) is 47.4 Å². The third kappa shape index (κ3) is 4.27. The number of nitrogens with zero attached hydrogens (tertiary/aromatic N) is 1. The molecular weight excluding hydrogens is 336 g/mol. The Morgan fingerprint density at radius 1 is 1.08 bits per heavy atom. The second-order valence-electron chi connectivity index (χ2n) is 6.37. The van der Waals surface area contributed by atoms with E-state index in [-0.39, 0.29) is 16.8 Å². The standard InChI is InChI=1S/C19H24N2O3S/c1-13-9-10-18(14(2)11-13)15(3)20-19(22)16-7-6-8-17(12-16)25(23,24)21(4)5/h6-12,15H,1-5H3,(H,20,22)/t15-/m1/s1. The Morgan fingerprint density at radius 3 is 2.36 bits per heavy atom. The van der Waals surface area contributed by atoms with Gasteiger partial charge in [0.05, 0.1) is 10.9 Å². The average Bonchev–Trinajstić information content (AvgIpc) is 2.54. The maximum Gasteiger partial charge on any atom is 0.251 e. The Balaban J connectivity index is 2.24. The molecule has 5 nitrogen and oxygen atoms in total. The topological polar surface area (TPSA) is 66.5 Å². The Hall–Kier alpha value is -2.18. The van der Waals surface area contributed by atoms with Crippen molar-refractivity contribution in [3.8, 4) is 0 Å². The zero-order valence-corrected chi connectivity index (χ0v) is 16.0. The van der Waals surface area contributed by atoms with Crippen LogP contribution in [0.4, 0.5) is 0 Å². The molecule has 1 atom stereocenters. The zero-order valence-electron chi connectivity index (χ0n) is 15.2. The highest BCUT2D eigenvalue weighted by Crippen LogP contribution is 2.20. The summed E-state index contributed by atoms with van der Waals surface area (Å²) in [6, 6.07) is 12.0. The summed E-state index contributed by atoms with van der Waals surface area (Å²) in [5.41, 5.74) is 3.63. The highest BCUT2D eigenvalue weighted by atomic mass is 32.2. The number of sulfonamides is 1. The third-order valence-electron chi connectivity index (χ3n) is 4.11. The Bertz CT molecular complexity index is 889. The quantitative estimate of drug-likeness (QED) is 0.891. The van der Waals surface area contributed by atoms with E-state index in [0.29, 0.717) is 5.56 Å². The van der Waals surface area contributed by atoms with Crippen LogP contribution in [0.2, 0.25) is 0 Å². The molecule has 2 rings (SSSR count). The van der Waals surface area contributed by atoms with E-state index in [0.717, 1.165) is 15.4 Å². The van der Waals surface area contributed by atoms with Crippen LogP contribution in [-0.4, -0.2) is 32.7 Å². The third-order valence-corrected chi connectivity index (χ3v) is 5.93. The van der Waals surface area contributed by atoms with Crippen LogP contribution in [0.3, 0.4) is 0 Å². The van der Waals surface area contributed by atoms with Crippen LogP contribution < -0.4 is 5.32 Å². The molecule has 0 aliphatic rings. The van der Waals surface area contributed by atoms with Gasteiger partial charge < -0.3 is 5.32 Å². The van der Waals surface area contributed by atoms with E-state index < -0.39 is 10.0 Å². The molecule has 0 saturated carbocycles. The Kier molecular flexibility index (Phi) is 5.65. The lowest BCUT2D eigenvalue weighted by Crippen LogP contribution is -2.28. The number of hydrogen-bond acceptors (Lipinski definition) is 3. The fraction of sp³-hybridized carbons (Fsp3) is 0.316. The first-order valence-corrected chi connectivity index (χ1v) is 9.47. The van der Waals surface area contributed by atoms with Crippen molar-refractivity contribution in [2.24, 2.45) is 0 Å². The van der Waals surface area contributed by atoms with Crippen molar-refractivity contribution in [3.05, 3.63) is 64.7 Å². The summed E-state index contributed by atoms with van der Waals surface area (Å²) in [5, 5.41) is 2.93. The molecule has 1 N–H and O–H groups in total. The summed E-state index contributed by atoms with van der Waals surface area (Å²) < 4.78 is 25.6. The second kappa shape index (κ2) is 7.37. The molecule has 0 aliphatic heterocycles. The van der Waals surface area contributed by atoms with Crippen molar-refractivity contribution in [2.45, 2.75) is 31.7 Å². The molecule has 0 unspecified atom stereocenters. The van der Waals surface area contributed by atoms with Gasteiger partial charge in [0.25, 0.3) is 5.91 Å². The zero-order chi connectivity index (χ0) is 18.8. The molecular formula is C19H24N2O3S. The van der Waals surface area contributed by atoms with Gasteiger partial charge in [0.1, 0.15) is 0 Å². The van der Waals surface area contributed by atoms with Crippen molar-refractivity contribution in [1.29, 1.82) is 0 Å². The lowest BCUT2D eigenvalue weighted by Gasteiger charge is -2.18. The van der Waals surface area contributed by atoms with Gasteiger partial charge in [0.2, 0.25) is 10.0 Å². The van der Waals surface area contributed by atoms with Crippen molar-refractivity contribution in [2.75, 3.05) is 14.1 Å². The average molecular weight is 360 g/mol. The monoisotopic (exact) mass is 360 g/mol. The number of carbonyl (C=O) groups excluding carboxylic acids is 1. The number of aryl methyl sites for hydroxylation is 2. The van der Waals surface area contributed by atoms with Crippen LogP contribution in [-0.2, 0) is 10.0 Å². The van der Waals surface area contributed by atoms with Gasteiger partial charge in [-0.2, -0.15) is 0 Å². The van der Waals surface area contributed by atoms with E-state index in [2.05, 4.69) is 11.4 Å². The van der Waals surface area contributed by atoms with Gasteiger partial charge in [0.15, 0.2) is 0 Å². The molecule has 1 amide bonds. The van der Waals surface area contributed by atoms with E-state index in [4.69, 9.17) is 0 Å². The summed E-state index contributed by atoms with van der Waals surface area (Å²) in [6.45, 7) is 5.95. The summed E-state index contributed by atoms with van der Waals surface area (Å²) in [7, 11) is -0.646.